The van der Waals surface area contributed by atoms with Crippen LogP contribution in [0.3, 0.4) is 0 Å². The van der Waals surface area contributed by atoms with E-state index in [1.807, 2.05) is 12.1 Å². The largest absolute Gasteiger partial charge is 0.443 e. The lowest BCUT2D eigenvalue weighted by Gasteiger charge is -1.92. The van der Waals surface area contributed by atoms with Crippen LogP contribution in [0.15, 0.2) is 30.7 Å². The van der Waals surface area contributed by atoms with Gasteiger partial charge in [-0.1, -0.05) is 12.6 Å². The molecular formula is C8H7NO. The monoisotopic (exact) mass is 133 g/mol. The van der Waals surface area contributed by atoms with Crippen molar-refractivity contribution in [3.63, 3.8) is 0 Å². The van der Waals surface area contributed by atoms with Crippen LogP contribution in [0.4, 0.5) is 0 Å². The first-order valence-electron chi connectivity index (χ1n) is 3.16. The third-order valence-electron chi connectivity index (χ3n) is 1.48. The molecule has 2 heteroatoms. The highest BCUT2D eigenvalue weighted by Crippen LogP contribution is 2.26. The van der Waals surface area contributed by atoms with E-state index in [9.17, 15) is 0 Å². The lowest BCUT2D eigenvalue weighted by molar-refractivity contribution is 0.433. The number of allylic oxidation sites excluding steroid dienone is 1. The van der Waals surface area contributed by atoms with Gasteiger partial charge < -0.3 is 4.74 Å². The van der Waals surface area contributed by atoms with Crippen molar-refractivity contribution >= 4 is 0 Å². The highest BCUT2D eigenvalue weighted by Gasteiger charge is 2.14. The molecule has 1 aliphatic rings. The van der Waals surface area contributed by atoms with E-state index in [1.165, 1.54) is 0 Å². The van der Waals surface area contributed by atoms with Gasteiger partial charge in [-0.05, 0) is 6.07 Å². The molecule has 0 fully saturated rings. The topological polar surface area (TPSA) is 22.1 Å². The van der Waals surface area contributed by atoms with Crippen molar-refractivity contribution in [3.05, 3.63) is 36.2 Å². The Morgan fingerprint density at radius 3 is 3.30 bits per heavy atom. The van der Waals surface area contributed by atoms with E-state index >= 15 is 0 Å². The highest BCUT2D eigenvalue weighted by atomic mass is 16.5. The first-order chi connectivity index (χ1) is 4.86. The smallest absolute Gasteiger partial charge is 0.222 e. The van der Waals surface area contributed by atoms with Gasteiger partial charge in [0.15, 0.2) is 0 Å². The van der Waals surface area contributed by atoms with Gasteiger partial charge in [0.05, 0.1) is 0 Å². The second kappa shape index (κ2) is 1.84. The van der Waals surface area contributed by atoms with Gasteiger partial charge in [-0.25, -0.2) is 4.98 Å². The molecule has 2 nitrogen and oxygen atoms in total. The molecule has 0 saturated heterocycles. The maximum atomic E-state index is 5.20. The molecule has 0 aliphatic carbocycles. The number of fused-ring (bicyclic) bond motifs is 1. The summed E-state index contributed by atoms with van der Waals surface area (Å²) in [4.78, 5) is 4.03. The number of hydrogen-bond donors (Lipinski definition) is 0. The van der Waals surface area contributed by atoms with Crippen molar-refractivity contribution in [3.8, 4) is 5.88 Å². The van der Waals surface area contributed by atoms with Crippen LogP contribution in [0.1, 0.15) is 5.56 Å². The molecule has 0 saturated carbocycles. The molecule has 0 radical (unpaired) electrons. The molecule has 0 N–H and O–H groups in total. The predicted molar refractivity (Wildman–Crippen MR) is 37.7 cm³/mol. The SMILES string of the molecule is C=C1Cc2cccnc2O1. The molecule has 50 valence electrons. The molecule has 0 bridgehead atoms. The molecule has 0 unspecified atom stereocenters. The first kappa shape index (κ1) is 5.47. The van der Waals surface area contributed by atoms with Crippen molar-refractivity contribution in [1.82, 2.24) is 4.98 Å². The van der Waals surface area contributed by atoms with Gasteiger partial charge >= 0.3 is 0 Å². The van der Waals surface area contributed by atoms with Crippen molar-refractivity contribution in [2.75, 3.05) is 0 Å². The molecular weight excluding hydrogens is 126 g/mol. The zero-order valence-corrected chi connectivity index (χ0v) is 5.50. The molecule has 0 spiro atoms. The summed E-state index contributed by atoms with van der Waals surface area (Å²) in [5.41, 5.74) is 1.13. The zero-order chi connectivity index (χ0) is 6.97. The van der Waals surface area contributed by atoms with Gasteiger partial charge in [0.2, 0.25) is 5.88 Å². The van der Waals surface area contributed by atoms with E-state index in [0.717, 1.165) is 17.7 Å². The lowest BCUT2D eigenvalue weighted by Crippen LogP contribution is -1.83. The normalized spacial score (nSPS) is 14.6. The van der Waals surface area contributed by atoms with Crippen LogP contribution in [-0.4, -0.2) is 4.98 Å². The molecule has 0 atom stereocenters. The van der Waals surface area contributed by atoms with E-state index in [1.54, 1.807) is 6.20 Å². The van der Waals surface area contributed by atoms with Crippen LogP contribution in [0.2, 0.25) is 0 Å². The van der Waals surface area contributed by atoms with Crippen LogP contribution in [0.5, 0.6) is 5.88 Å². The quantitative estimate of drug-likeness (QED) is 0.535. The maximum Gasteiger partial charge on any atom is 0.222 e. The van der Waals surface area contributed by atoms with Crippen molar-refractivity contribution < 1.29 is 4.74 Å². The van der Waals surface area contributed by atoms with E-state index in [0.29, 0.717) is 5.88 Å². The third kappa shape index (κ3) is 0.692. The van der Waals surface area contributed by atoms with E-state index in [2.05, 4.69) is 11.6 Å². The van der Waals surface area contributed by atoms with Gasteiger partial charge in [-0.3, -0.25) is 0 Å². The molecule has 0 aromatic carbocycles. The Kier molecular flexibility index (Phi) is 1.01. The number of ether oxygens (including phenoxy) is 1. The van der Waals surface area contributed by atoms with Crippen molar-refractivity contribution in [2.24, 2.45) is 0 Å². The Labute approximate surface area is 59.2 Å². The van der Waals surface area contributed by atoms with Crippen molar-refractivity contribution in [2.45, 2.75) is 6.42 Å². The van der Waals surface area contributed by atoms with Gasteiger partial charge in [0, 0.05) is 18.2 Å². The number of hydrogen-bond acceptors (Lipinski definition) is 2. The van der Waals surface area contributed by atoms with Gasteiger partial charge in [0.25, 0.3) is 0 Å². The molecule has 2 heterocycles. The highest BCUT2D eigenvalue weighted by molar-refractivity contribution is 5.34. The molecule has 1 aliphatic heterocycles. The van der Waals surface area contributed by atoms with Gasteiger partial charge in [0.1, 0.15) is 5.76 Å². The summed E-state index contributed by atoms with van der Waals surface area (Å²) in [6.45, 7) is 3.71. The number of rotatable bonds is 0. The summed E-state index contributed by atoms with van der Waals surface area (Å²) >= 11 is 0. The molecule has 1 aromatic rings. The van der Waals surface area contributed by atoms with Gasteiger partial charge in [-0.2, -0.15) is 0 Å². The number of nitrogens with zero attached hydrogens (tertiary/aromatic N) is 1. The fourth-order valence-corrected chi connectivity index (χ4v) is 1.04. The van der Waals surface area contributed by atoms with Gasteiger partial charge in [-0.15, -0.1) is 0 Å². The number of pyridine rings is 1. The van der Waals surface area contributed by atoms with Crippen LogP contribution >= 0.6 is 0 Å². The molecule has 2 rings (SSSR count). The van der Waals surface area contributed by atoms with Crippen molar-refractivity contribution in [1.29, 1.82) is 0 Å². The van der Waals surface area contributed by atoms with E-state index < -0.39 is 0 Å². The fourth-order valence-electron chi connectivity index (χ4n) is 1.04. The minimum Gasteiger partial charge on any atom is -0.443 e. The molecule has 0 amide bonds. The van der Waals surface area contributed by atoms with E-state index in [-0.39, 0.29) is 0 Å². The summed E-state index contributed by atoms with van der Waals surface area (Å²) in [5.74, 6) is 1.50. The van der Waals surface area contributed by atoms with Crippen LogP contribution < -0.4 is 4.74 Å². The van der Waals surface area contributed by atoms with Crippen LogP contribution in [0.25, 0.3) is 0 Å². The van der Waals surface area contributed by atoms with Crippen LogP contribution in [-0.2, 0) is 6.42 Å². The predicted octanol–water partition coefficient (Wildman–Crippen LogP) is 1.53. The Balaban J connectivity index is 2.51. The van der Waals surface area contributed by atoms with Crippen LogP contribution in [0, 0.1) is 0 Å². The average Bonchev–Trinajstić information content (AvgIpc) is 2.27. The standard InChI is InChI=1S/C8H7NO/c1-6-5-7-3-2-4-9-8(7)10-6/h2-4H,1,5H2. The summed E-state index contributed by atoms with van der Waals surface area (Å²) < 4.78 is 5.20. The summed E-state index contributed by atoms with van der Waals surface area (Å²) in [7, 11) is 0. The Hall–Kier alpha value is -1.31. The lowest BCUT2D eigenvalue weighted by atomic mass is 10.2. The van der Waals surface area contributed by atoms with E-state index in [4.69, 9.17) is 4.74 Å². The summed E-state index contributed by atoms with van der Waals surface area (Å²) in [6.07, 6.45) is 2.53. The zero-order valence-electron chi connectivity index (χ0n) is 5.50. The number of aromatic nitrogens is 1. The fraction of sp³-hybridized carbons (Fsp3) is 0.125. The third-order valence-corrected chi connectivity index (χ3v) is 1.48. The second-order valence-electron chi connectivity index (χ2n) is 2.29. The Bertz CT molecular complexity index is 253. The minimum absolute atomic E-state index is 0.715. The molecule has 1 aromatic heterocycles. The maximum absolute atomic E-state index is 5.20. The minimum atomic E-state index is 0.715. The first-order valence-corrected chi connectivity index (χ1v) is 3.16. The average molecular weight is 133 g/mol. The summed E-state index contributed by atoms with van der Waals surface area (Å²) in [6, 6.07) is 3.90. The second-order valence-corrected chi connectivity index (χ2v) is 2.29. The Morgan fingerprint density at radius 2 is 2.50 bits per heavy atom. The molecule has 10 heavy (non-hydrogen) atoms. The Morgan fingerprint density at radius 1 is 1.60 bits per heavy atom. The summed E-state index contributed by atoms with van der Waals surface area (Å²) in [5, 5.41) is 0.